The van der Waals surface area contributed by atoms with Crippen LogP contribution in [0.1, 0.15) is 39.2 Å². The molecule has 0 aliphatic heterocycles. The Bertz CT molecular complexity index is 1080. The molecule has 0 fully saturated rings. The maximum atomic E-state index is 13.8. The summed E-state index contributed by atoms with van der Waals surface area (Å²) in [6.07, 6.45) is 0. The van der Waals surface area contributed by atoms with E-state index in [0.717, 1.165) is 18.2 Å². The van der Waals surface area contributed by atoms with Crippen LogP contribution in [0, 0.1) is 17.5 Å². The van der Waals surface area contributed by atoms with Gasteiger partial charge in [-0.3, -0.25) is 4.79 Å². The molecule has 0 bridgehead atoms. The van der Waals surface area contributed by atoms with E-state index in [0.29, 0.717) is 11.6 Å². The fourth-order valence-corrected chi connectivity index (χ4v) is 2.69. The highest BCUT2D eigenvalue weighted by molar-refractivity contribution is 5.97. The van der Waals surface area contributed by atoms with Crippen LogP contribution in [0.3, 0.4) is 0 Å². The monoisotopic (exact) mass is 415 g/mol. The molecule has 0 saturated carbocycles. The zero-order chi connectivity index (χ0) is 21.8. The first-order valence-corrected chi connectivity index (χ1v) is 8.81. The van der Waals surface area contributed by atoms with Crippen molar-refractivity contribution in [3.63, 3.8) is 0 Å². The first-order chi connectivity index (χ1) is 14.2. The second kappa shape index (κ2) is 8.69. The van der Waals surface area contributed by atoms with Gasteiger partial charge in [-0.15, -0.1) is 0 Å². The van der Waals surface area contributed by atoms with Crippen molar-refractivity contribution in [3.8, 4) is 11.5 Å². The van der Waals surface area contributed by atoms with Gasteiger partial charge in [0.2, 0.25) is 0 Å². The van der Waals surface area contributed by atoms with E-state index in [1.54, 1.807) is 6.92 Å². The molecule has 0 spiro atoms. The second-order valence-electron chi connectivity index (χ2n) is 6.44. The molecule has 0 unspecified atom stereocenters. The van der Waals surface area contributed by atoms with Crippen LogP contribution in [0.5, 0.6) is 11.5 Å². The van der Waals surface area contributed by atoms with Crippen molar-refractivity contribution in [2.24, 2.45) is 0 Å². The Morgan fingerprint density at radius 3 is 2.13 bits per heavy atom. The van der Waals surface area contributed by atoms with E-state index < -0.39 is 35.4 Å². The van der Waals surface area contributed by atoms with Gasteiger partial charge in [0.1, 0.15) is 17.3 Å². The number of halogens is 3. The highest BCUT2D eigenvalue weighted by Gasteiger charge is 2.20. The summed E-state index contributed by atoms with van der Waals surface area (Å²) in [6.45, 7) is 1.65. The van der Waals surface area contributed by atoms with Gasteiger partial charge in [0.15, 0.2) is 11.6 Å². The fraction of sp³-hybridized carbons (Fsp3) is 0.0909. The van der Waals surface area contributed by atoms with Gasteiger partial charge < -0.3 is 15.2 Å². The summed E-state index contributed by atoms with van der Waals surface area (Å²) in [5, 5.41) is 11.6. The van der Waals surface area contributed by atoms with Crippen LogP contribution in [0.15, 0.2) is 60.7 Å². The molecule has 154 valence electrons. The third-order valence-electron chi connectivity index (χ3n) is 4.31. The van der Waals surface area contributed by atoms with E-state index in [4.69, 9.17) is 9.84 Å². The number of amides is 1. The van der Waals surface area contributed by atoms with Gasteiger partial charge in [0.25, 0.3) is 5.91 Å². The predicted octanol–water partition coefficient (Wildman–Crippen LogP) is 5.09. The van der Waals surface area contributed by atoms with Crippen LogP contribution in [0.4, 0.5) is 13.2 Å². The van der Waals surface area contributed by atoms with Crippen molar-refractivity contribution in [3.05, 3.63) is 94.8 Å². The molecule has 0 aliphatic carbocycles. The Hall–Kier alpha value is -3.81. The first-order valence-electron chi connectivity index (χ1n) is 8.81. The van der Waals surface area contributed by atoms with E-state index in [1.165, 1.54) is 36.4 Å². The average Bonchev–Trinajstić information content (AvgIpc) is 2.72. The summed E-state index contributed by atoms with van der Waals surface area (Å²) in [4.78, 5) is 23.6. The lowest BCUT2D eigenvalue weighted by Gasteiger charge is -2.17. The van der Waals surface area contributed by atoms with Crippen molar-refractivity contribution >= 4 is 11.9 Å². The minimum atomic E-state index is -1.23. The van der Waals surface area contributed by atoms with E-state index in [2.05, 4.69) is 5.32 Å². The standard InChI is InChI=1S/C22H16F3NO4/c1-12(13-2-4-14(5-3-13)22(28)29)26-21(27)17-10-18(24)19(25)11-20(17)30-16-8-6-15(23)7-9-16/h2-12H,1H3,(H,26,27)(H,28,29)/t12-/m0/s1. The molecule has 3 rings (SSSR count). The summed E-state index contributed by atoms with van der Waals surface area (Å²) in [6, 6.07) is 11.6. The Morgan fingerprint density at radius 1 is 0.933 bits per heavy atom. The van der Waals surface area contributed by atoms with Gasteiger partial charge in [-0.05, 0) is 55.0 Å². The number of ether oxygens (including phenoxy) is 1. The number of nitrogens with one attached hydrogen (secondary N) is 1. The zero-order valence-corrected chi connectivity index (χ0v) is 15.7. The first kappa shape index (κ1) is 20.9. The number of carboxylic acids is 1. The molecule has 1 atom stereocenters. The Labute approximate surface area is 169 Å². The number of carbonyl (C=O) groups is 2. The molecule has 5 nitrogen and oxygen atoms in total. The van der Waals surface area contributed by atoms with Crippen LogP contribution >= 0.6 is 0 Å². The Morgan fingerprint density at radius 2 is 1.53 bits per heavy atom. The molecule has 3 aromatic carbocycles. The van der Waals surface area contributed by atoms with Gasteiger partial charge in [-0.25, -0.2) is 18.0 Å². The van der Waals surface area contributed by atoms with Crippen molar-refractivity contribution in [1.29, 1.82) is 0 Å². The van der Waals surface area contributed by atoms with E-state index in [9.17, 15) is 22.8 Å². The molecule has 30 heavy (non-hydrogen) atoms. The van der Waals surface area contributed by atoms with Crippen LogP contribution in [0.2, 0.25) is 0 Å². The van der Waals surface area contributed by atoms with Gasteiger partial charge in [0.05, 0.1) is 17.2 Å². The molecular weight excluding hydrogens is 399 g/mol. The summed E-state index contributed by atoms with van der Waals surface area (Å²) < 4.78 is 46.0. The number of benzene rings is 3. The van der Waals surface area contributed by atoms with Crippen molar-refractivity contribution < 1.29 is 32.6 Å². The zero-order valence-electron chi connectivity index (χ0n) is 15.7. The number of hydrogen-bond acceptors (Lipinski definition) is 3. The van der Waals surface area contributed by atoms with Crippen LogP contribution < -0.4 is 10.1 Å². The van der Waals surface area contributed by atoms with E-state index >= 15 is 0 Å². The maximum absolute atomic E-state index is 13.8. The molecule has 0 aromatic heterocycles. The van der Waals surface area contributed by atoms with Gasteiger partial charge >= 0.3 is 5.97 Å². The normalized spacial score (nSPS) is 11.6. The van der Waals surface area contributed by atoms with Crippen LogP contribution in [0.25, 0.3) is 0 Å². The van der Waals surface area contributed by atoms with Crippen molar-refractivity contribution in [2.45, 2.75) is 13.0 Å². The predicted molar refractivity (Wildman–Crippen MR) is 102 cm³/mol. The summed E-state index contributed by atoms with van der Waals surface area (Å²) in [5.41, 5.74) is 0.442. The number of hydrogen-bond donors (Lipinski definition) is 2. The summed E-state index contributed by atoms with van der Waals surface area (Å²) in [7, 11) is 0. The van der Waals surface area contributed by atoms with E-state index in [-0.39, 0.29) is 22.6 Å². The maximum Gasteiger partial charge on any atom is 0.335 e. The summed E-state index contributed by atoms with van der Waals surface area (Å²) >= 11 is 0. The molecule has 8 heteroatoms. The molecule has 0 heterocycles. The second-order valence-corrected chi connectivity index (χ2v) is 6.44. The minimum Gasteiger partial charge on any atom is -0.478 e. The van der Waals surface area contributed by atoms with Crippen LogP contribution in [-0.4, -0.2) is 17.0 Å². The molecule has 0 saturated heterocycles. The largest absolute Gasteiger partial charge is 0.478 e. The van der Waals surface area contributed by atoms with Crippen LogP contribution in [-0.2, 0) is 0 Å². The molecule has 0 aliphatic rings. The summed E-state index contributed by atoms with van der Waals surface area (Å²) in [5.74, 6) is -4.87. The third kappa shape index (κ3) is 4.78. The number of carbonyl (C=O) groups excluding carboxylic acids is 1. The fourth-order valence-electron chi connectivity index (χ4n) is 2.69. The minimum absolute atomic E-state index is 0.0906. The Kier molecular flexibility index (Phi) is 6.06. The molecule has 0 radical (unpaired) electrons. The molecule has 3 aromatic rings. The SMILES string of the molecule is C[C@H](NC(=O)c1cc(F)c(F)cc1Oc1ccc(F)cc1)c1ccc(C(=O)O)cc1. The number of aromatic carboxylic acids is 1. The average molecular weight is 415 g/mol. The third-order valence-corrected chi connectivity index (χ3v) is 4.31. The Balaban J connectivity index is 1.84. The molecule has 1 amide bonds. The van der Waals surface area contributed by atoms with Crippen molar-refractivity contribution in [1.82, 2.24) is 5.32 Å². The number of carboxylic acid groups (broad SMARTS) is 1. The van der Waals surface area contributed by atoms with Gasteiger partial charge in [-0.1, -0.05) is 12.1 Å². The highest BCUT2D eigenvalue weighted by Crippen LogP contribution is 2.28. The topological polar surface area (TPSA) is 75.6 Å². The highest BCUT2D eigenvalue weighted by atomic mass is 19.2. The van der Waals surface area contributed by atoms with Gasteiger partial charge in [-0.2, -0.15) is 0 Å². The van der Waals surface area contributed by atoms with Crippen molar-refractivity contribution in [2.75, 3.05) is 0 Å². The quantitative estimate of drug-likeness (QED) is 0.588. The van der Waals surface area contributed by atoms with E-state index in [1.807, 2.05) is 0 Å². The number of rotatable bonds is 6. The smallest absolute Gasteiger partial charge is 0.335 e. The lowest BCUT2D eigenvalue weighted by atomic mass is 10.1. The lowest BCUT2D eigenvalue weighted by molar-refractivity contribution is 0.0696. The lowest BCUT2D eigenvalue weighted by Crippen LogP contribution is -2.27. The van der Waals surface area contributed by atoms with Gasteiger partial charge in [0, 0.05) is 6.07 Å². The molecular formula is C22H16F3NO4. The molecule has 2 N–H and O–H groups in total.